The first-order chi connectivity index (χ1) is 8.17. The molecule has 3 saturated heterocycles. The molecule has 0 aromatic carbocycles. The predicted molar refractivity (Wildman–Crippen MR) is 70.5 cm³/mol. The van der Waals surface area contributed by atoms with Crippen molar-refractivity contribution in [1.29, 1.82) is 0 Å². The Morgan fingerprint density at radius 2 is 1.56 bits per heavy atom. The maximum atomic E-state index is 6.56. The summed E-state index contributed by atoms with van der Waals surface area (Å²) in [5.41, 5.74) is 0.589. The van der Waals surface area contributed by atoms with E-state index in [1.807, 2.05) is 0 Å². The van der Waals surface area contributed by atoms with Crippen LogP contribution >= 0.6 is 0 Å². The van der Waals surface area contributed by atoms with Crippen LogP contribution in [0.3, 0.4) is 0 Å². The van der Waals surface area contributed by atoms with Gasteiger partial charge in [-0.2, -0.15) is 0 Å². The molecule has 2 bridgehead atoms. The van der Waals surface area contributed by atoms with Gasteiger partial charge in [-0.25, -0.2) is 0 Å². The highest BCUT2D eigenvalue weighted by atomic mass is 16.7. The molecule has 18 heavy (non-hydrogen) atoms. The van der Waals surface area contributed by atoms with Crippen molar-refractivity contribution in [1.82, 2.24) is 0 Å². The van der Waals surface area contributed by atoms with E-state index in [2.05, 4.69) is 34.6 Å². The van der Waals surface area contributed by atoms with E-state index in [9.17, 15) is 0 Å². The van der Waals surface area contributed by atoms with Crippen molar-refractivity contribution in [2.75, 3.05) is 0 Å². The minimum absolute atomic E-state index is 0.0167. The smallest absolute Gasteiger partial charge is 0.124 e. The van der Waals surface area contributed by atoms with E-state index < -0.39 is 0 Å². The quantitative estimate of drug-likeness (QED) is 0.612. The number of rotatable bonds is 0. The SMILES string of the molecule is CC1(C)CC[C@]23O[C@@]2(C)C2(C)CC[C@@](C)(O2)[C@H]3C1. The van der Waals surface area contributed by atoms with Gasteiger partial charge in [0.1, 0.15) is 11.2 Å². The van der Waals surface area contributed by atoms with Gasteiger partial charge in [-0.15, -0.1) is 0 Å². The Morgan fingerprint density at radius 3 is 2.28 bits per heavy atom. The molecule has 3 aliphatic heterocycles. The third-order valence-corrected chi connectivity index (χ3v) is 6.95. The zero-order valence-electron chi connectivity index (χ0n) is 12.4. The van der Waals surface area contributed by atoms with Crippen molar-refractivity contribution in [3.63, 3.8) is 0 Å². The second-order valence-corrected chi connectivity index (χ2v) is 8.59. The molecule has 0 aromatic rings. The third kappa shape index (κ3) is 1.02. The summed E-state index contributed by atoms with van der Waals surface area (Å²) in [5, 5.41) is 0. The van der Waals surface area contributed by atoms with Crippen molar-refractivity contribution in [3.05, 3.63) is 0 Å². The van der Waals surface area contributed by atoms with E-state index in [1.54, 1.807) is 0 Å². The Labute approximate surface area is 110 Å². The molecule has 4 rings (SSSR count). The molecule has 4 aliphatic rings. The monoisotopic (exact) mass is 250 g/mol. The van der Waals surface area contributed by atoms with Gasteiger partial charge in [-0.05, 0) is 58.3 Å². The molecule has 5 atom stereocenters. The zero-order chi connectivity index (χ0) is 13.0. The van der Waals surface area contributed by atoms with E-state index in [0.29, 0.717) is 11.3 Å². The Kier molecular flexibility index (Phi) is 1.75. The second-order valence-electron chi connectivity index (χ2n) is 8.59. The number of hydrogen-bond donors (Lipinski definition) is 0. The van der Waals surface area contributed by atoms with Crippen LogP contribution in [0.25, 0.3) is 0 Å². The molecule has 0 aromatic heterocycles. The van der Waals surface area contributed by atoms with Gasteiger partial charge >= 0.3 is 0 Å². The molecule has 3 heterocycles. The third-order valence-electron chi connectivity index (χ3n) is 6.95. The van der Waals surface area contributed by atoms with E-state index >= 15 is 0 Å². The Morgan fingerprint density at radius 1 is 0.833 bits per heavy atom. The van der Waals surface area contributed by atoms with Gasteiger partial charge in [0.25, 0.3) is 0 Å². The number of epoxide rings is 1. The molecule has 2 nitrogen and oxygen atoms in total. The van der Waals surface area contributed by atoms with Gasteiger partial charge in [-0.1, -0.05) is 13.8 Å². The predicted octanol–water partition coefficient (Wildman–Crippen LogP) is 3.68. The summed E-state index contributed by atoms with van der Waals surface area (Å²) in [7, 11) is 0. The average Bonchev–Trinajstić information content (AvgIpc) is 2.76. The van der Waals surface area contributed by atoms with E-state index in [1.165, 1.54) is 32.1 Å². The molecule has 1 saturated carbocycles. The highest BCUT2D eigenvalue weighted by Crippen LogP contribution is 2.75. The lowest BCUT2D eigenvalue weighted by atomic mass is 9.57. The zero-order valence-corrected chi connectivity index (χ0v) is 12.4. The van der Waals surface area contributed by atoms with Gasteiger partial charge in [0.05, 0.1) is 11.2 Å². The molecule has 1 spiro atoms. The fourth-order valence-corrected chi connectivity index (χ4v) is 5.50. The van der Waals surface area contributed by atoms with Crippen LogP contribution in [0.4, 0.5) is 0 Å². The van der Waals surface area contributed by atoms with Crippen LogP contribution in [0.1, 0.15) is 66.7 Å². The van der Waals surface area contributed by atoms with Crippen LogP contribution in [-0.2, 0) is 9.47 Å². The Hall–Kier alpha value is -0.0800. The number of ether oxygens (including phenoxy) is 2. The average molecular weight is 250 g/mol. The lowest BCUT2D eigenvalue weighted by Gasteiger charge is -2.52. The Bertz CT molecular complexity index is 431. The first kappa shape index (κ1) is 11.7. The lowest BCUT2D eigenvalue weighted by Crippen LogP contribution is -2.61. The molecule has 4 fully saturated rings. The van der Waals surface area contributed by atoms with Gasteiger partial charge in [0.2, 0.25) is 0 Å². The van der Waals surface area contributed by atoms with Crippen molar-refractivity contribution < 1.29 is 9.47 Å². The van der Waals surface area contributed by atoms with Crippen molar-refractivity contribution in [3.8, 4) is 0 Å². The molecular formula is C16H26O2. The standard InChI is InChI=1S/C16H26O2/c1-12(2)6-9-16-11(10-12)13(3)7-8-14(4,17-13)15(16,5)18-16/h11H,6-10H2,1-5H3/t11-,13-,14?,15+,16-/m1/s1. The second kappa shape index (κ2) is 2.69. The number of fused-ring (bicyclic) bond motifs is 4. The summed E-state index contributed by atoms with van der Waals surface area (Å²) in [6, 6.07) is 0. The minimum Gasteiger partial charge on any atom is -0.366 e. The molecule has 0 N–H and O–H groups in total. The van der Waals surface area contributed by atoms with E-state index in [4.69, 9.17) is 9.47 Å². The van der Waals surface area contributed by atoms with Crippen LogP contribution < -0.4 is 0 Å². The molecule has 1 unspecified atom stereocenters. The Balaban J connectivity index is 1.82. The maximum absolute atomic E-state index is 6.56. The minimum atomic E-state index is -0.0419. The molecule has 102 valence electrons. The lowest BCUT2D eigenvalue weighted by molar-refractivity contribution is -0.183. The van der Waals surface area contributed by atoms with Crippen molar-refractivity contribution in [2.45, 2.75) is 89.1 Å². The van der Waals surface area contributed by atoms with Crippen LogP contribution in [0.2, 0.25) is 0 Å². The van der Waals surface area contributed by atoms with Gasteiger partial charge < -0.3 is 9.47 Å². The summed E-state index contributed by atoms with van der Waals surface area (Å²) in [4.78, 5) is 0. The maximum Gasteiger partial charge on any atom is 0.124 e. The molecule has 2 heteroatoms. The molecule has 0 amide bonds. The molecule has 0 radical (unpaired) electrons. The van der Waals surface area contributed by atoms with Gasteiger partial charge in [0, 0.05) is 5.92 Å². The van der Waals surface area contributed by atoms with Gasteiger partial charge in [-0.3, -0.25) is 0 Å². The number of hydrogen-bond acceptors (Lipinski definition) is 2. The first-order valence-electron chi connectivity index (χ1n) is 7.57. The van der Waals surface area contributed by atoms with Crippen LogP contribution in [0, 0.1) is 11.3 Å². The summed E-state index contributed by atoms with van der Waals surface area (Å²) in [6.07, 6.45) is 6.17. The summed E-state index contributed by atoms with van der Waals surface area (Å²) >= 11 is 0. The summed E-state index contributed by atoms with van der Waals surface area (Å²) in [5.74, 6) is 0.592. The largest absolute Gasteiger partial charge is 0.366 e. The van der Waals surface area contributed by atoms with E-state index in [0.717, 1.165) is 0 Å². The van der Waals surface area contributed by atoms with Crippen molar-refractivity contribution in [2.24, 2.45) is 11.3 Å². The van der Waals surface area contributed by atoms with E-state index in [-0.39, 0.29) is 22.4 Å². The van der Waals surface area contributed by atoms with Crippen LogP contribution in [0.15, 0.2) is 0 Å². The fraction of sp³-hybridized carbons (Fsp3) is 1.00. The summed E-state index contributed by atoms with van der Waals surface area (Å²) < 4.78 is 13.0. The highest BCUT2D eigenvalue weighted by Gasteiger charge is 2.85. The topological polar surface area (TPSA) is 21.8 Å². The first-order valence-corrected chi connectivity index (χ1v) is 7.57. The normalized spacial score (nSPS) is 64.2. The molecule has 1 aliphatic carbocycles. The summed E-state index contributed by atoms with van der Waals surface area (Å²) in [6.45, 7) is 11.7. The van der Waals surface area contributed by atoms with Crippen LogP contribution in [0.5, 0.6) is 0 Å². The highest BCUT2D eigenvalue weighted by molar-refractivity contribution is 5.33. The van der Waals surface area contributed by atoms with Crippen molar-refractivity contribution >= 4 is 0 Å². The van der Waals surface area contributed by atoms with Gasteiger partial charge in [0.15, 0.2) is 0 Å². The molecular weight excluding hydrogens is 224 g/mol. The fourth-order valence-electron chi connectivity index (χ4n) is 5.50. The van der Waals surface area contributed by atoms with Crippen LogP contribution in [-0.4, -0.2) is 22.4 Å².